The lowest BCUT2D eigenvalue weighted by molar-refractivity contribution is -0.125. The molecule has 2 atom stereocenters. The van der Waals surface area contributed by atoms with Gasteiger partial charge in [0.05, 0.1) is 23.4 Å². The van der Waals surface area contributed by atoms with Crippen LogP contribution >= 0.6 is 0 Å². The first-order chi connectivity index (χ1) is 14.4. The summed E-state index contributed by atoms with van der Waals surface area (Å²) in [7, 11) is -1.39. The average molecular weight is 416 g/mol. The normalized spacial score (nSPS) is 16.5. The first-order valence-corrected chi connectivity index (χ1v) is 9.75. The molecule has 7 N–H and O–H groups in total. The van der Waals surface area contributed by atoms with Crippen LogP contribution in [-0.2, 0) is 17.8 Å². The van der Waals surface area contributed by atoms with E-state index in [9.17, 15) is 19.7 Å². The van der Waals surface area contributed by atoms with Crippen LogP contribution in [0.2, 0.25) is 0 Å². The number of nitrogens with one attached hydrogen (secondary N) is 1. The number of fused-ring (bicyclic) bond motifs is 1. The number of hydrogen-bond donors (Lipinski definition) is 5. The number of carboxylic acid groups (broad SMARTS) is 1. The van der Waals surface area contributed by atoms with E-state index in [0.717, 1.165) is 6.42 Å². The molecule has 0 radical (unpaired) electrons. The largest absolute Gasteiger partial charge is 0.547 e. The van der Waals surface area contributed by atoms with Crippen LogP contribution in [0.1, 0.15) is 46.9 Å². The topological polar surface area (TPSA) is 179 Å². The van der Waals surface area contributed by atoms with Crippen molar-refractivity contribution in [3.63, 3.8) is 0 Å². The summed E-state index contributed by atoms with van der Waals surface area (Å²) in [6, 6.07) is 4.06. The van der Waals surface area contributed by atoms with E-state index in [1.54, 1.807) is 18.3 Å². The van der Waals surface area contributed by atoms with Gasteiger partial charge in [0.1, 0.15) is 11.8 Å². The minimum atomic E-state index is -1.39. The molecule has 1 aromatic carbocycles. The van der Waals surface area contributed by atoms with Gasteiger partial charge < -0.3 is 31.6 Å². The standard InChI is InChI=1S/C18H25BN6O5/c20-7-2-1-6-14(25-10-12(9-21)23-24-25)17(26)22-15-8-11-4-3-5-13(18(27)28)16(11)30-19(15)29/h3-5,10,14-15,29H,1-2,6-9,20-21H2,(H,22,26)(H,27,28). The molecular formula is C18H25BN6O5. The fourth-order valence-corrected chi connectivity index (χ4v) is 3.42. The third-order valence-corrected chi connectivity index (χ3v) is 5.00. The lowest BCUT2D eigenvalue weighted by Gasteiger charge is -2.30. The maximum Gasteiger partial charge on any atom is 0.547 e. The number of rotatable bonds is 9. The van der Waals surface area contributed by atoms with E-state index in [-0.39, 0.29) is 30.2 Å². The molecule has 1 aromatic heterocycles. The fourth-order valence-electron chi connectivity index (χ4n) is 3.42. The van der Waals surface area contributed by atoms with Crippen LogP contribution in [0.15, 0.2) is 24.4 Å². The smallest absolute Gasteiger partial charge is 0.534 e. The van der Waals surface area contributed by atoms with Gasteiger partial charge in [-0.3, -0.25) is 4.79 Å². The average Bonchev–Trinajstić information content (AvgIpc) is 3.20. The van der Waals surface area contributed by atoms with Crippen molar-refractivity contribution in [2.75, 3.05) is 6.54 Å². The Bertz CT molecular complexity index is 907. The summed E-state index contributed by atoms with van der Waals surface area (Å²) in [4.78, 5) is 24.4. The Hall–Kier alpha value is -2.96. The van der Waals surface area contributed by atoms with Crippen molar-refractivity contribution in [1.82, 2.24) is 20.3 Å². The molecular weight excluding hydrogens is 391 g/mol. The highest BCUT2D eigenvalue weighted by atomic mass is 16.5. The number of aromatic carboxylic acids is 1. The highest BCUT2D eigenvalue weighted by Crippen LogP contribution is 2.30. The lowest BCUT2D eigenvalue weighted by atomic mass is 9.72. The Labute approximate surface area is 173 Å². The lowest BCUT2D eigenvalue weighted by Crippen LogP contribution is -2.54. The van der Waals surface area contributed by atoms with Crippen molar-refractivity contribution in [3.05, 3.63) is 41.2 Å². The van der Waals surface area contributed by atoms with Crippen molar-refractivity contribution < 1.29 is 24.4 Å². The Morgan fingerprint density at radius 1 is 1.37 bits per heavy atom. The quantitative estimate of drug-likeness (QED) is 0.260. The van der Waals surface area contributed by atoms with Crippen molar-refractivity contribution in [2.24, 2.45) is 11.5 Å². The van der Waals surface area contributed by atoms with E-state index in [2.05, 4.69) is 15.6 Å². The Morgan fingerprint density at radius 2 is 2.17 bits per heavy atom. The first kappa shape index (κ1) is 21.7. The summed E-state index contributed by atoms with van der Waals surface area (Å²) in [5, 5.41) is 30.4. The molecule has 2 heterocycles. The third-order valence-electron chi connectivity index (χ3n) is 5.00. The number of unbranched alkanes of at least 4 members (excludes halogenated alkanes) is 1. The number of nitrogens with two attached hydrogens (primary N) is 2. The molecule has 160 valence electrons. The van der Waals surface area contributed by atoms with Crippen molar-refractivity contribution in [2.45, 2.75) is 44.2 Å². The summed E-state index contributed by atoms with van der Waals surface area (Å²) < 4.78 is 6.89. The van der Waals surface area contributed by atoms with Gasteiger partial charge >= 0.3 is 13.1 Å². The van der Waals surface area contributed by atoms with E-state index in [1.165, 1.54) is 10.7 Å². The van der Waals surface area contributed by atoms with Gasteiger partial charge in [0.25, 0.3) is 0 Å². The van der Waals surface area contributed by atoms with Gasteiger partial charge in [-0.05, 0) is 43.9 Å². The Balaban J connectivity index is 1.76. The number of amides is 1. The van der Waals surface area contributed by atoms with E-state index in [4.69, 9.17) is 16.1 Å². The highest BCUT2D eigenvalue weighted by molar-refractivity contribution is 6.47. The number of aromatic nitrogens is 3. The second-order valence-corrected chi connectivity index (χ2v) is 7.12. The van der Waals surface area contributed by atoms with Crippen LogP contribution < -0.4 is 21.4 Å². The van der Waals surface area contributed by atoms with Gasteiger partial charge in [-0.2, -0.15) is 0 Å². The minimum Gasteiger partial charge on any atom is -0.534 e. The van der Waals surface area contributed by atoms with Gasteiger partial charge in [-0.25, -0.2) is 9.48 Å². The first-order valence-electron chi connectivity index (χ1n) is 9.75. The van der Waals surface area contributed by atoms with Crippen LogP contribution in [0.4, 0.5) is 0 Å². The number of carboxylic acids is 1. The molecule has 3 rings (SSSR count). The molecule has 2 unspecified atom stereocenters. The van der Waals surface area contributed by atoms with Gasteiger partial charge in [0.15, 0.2) is 0 Å². The number of nitrogens with zero attached hydrogens (tertiary/aromatic N) is 3. The van der Waals surface area contributed by atoms with E-state index >= 15 is 0 Å². The Kier molecular flexibility index (Phi) is 7.03. The van der Waals surface area contributed by atoms with Crippen LogP contribution in [0.3, 0.4) is 0 Å². The van der Waals surface area contributed by atoms with Crippen LogP contribution in [-0.4, -0.2) is 56.6 Å². The molecule has 11 nitrogen and oxygen atoms in total. The van der Waals surface area contributed by atoms with Crippen LogP contribution in [0, 0.1) is 0 Å². The molecule has 0 saturated heterocycles. The predicted molar refractivity (Wildman–Crippen MR) is 107 cm³/mol. The number of carbonyl (C=O) groups is 2. The molecule has 2 aromatic rings. The summed E-state index contributed by atoms with van der Waals surface area (Å²) in [5.74, 6) is -2.13. The maximum atomic E-state index is 13.0. The van der Waals surface area contributed by atoms with Gasteiger partial charge in [0, 0.05) is 6.54 Å². The molecule has 1 aliphatic rings. The molecule has 1 amide bonds. The zero-order valence-electron chi connectivity index (χ0n) is 16.4. The molecule has 30 heavy (non-hydrogen) atoms. The van der Waals surface area contributed by atoms with Crippen LogP contribution in [0.25, 0.3) is 0 Å². The van der Waals surface area contributed by atoms with Crippen molar-refractivity contribution in [1.29, 1.82) is 0 Å². The van der Waals surface area contributed by atoms with Gasteiger partial charge in [-0.1, -0.05) is 17.3 Å². The third kappa shape index (κ3) is 4.78. The predicted octanol–water partition coefficient (Wildman–Crippen LogP) is -0.755. The summed E-state index contributed by atoms with van der Waals surface area (Å²) in [5.41, 5.74) is 12.3. The molecule has 0 bridgehead atoms. The summed E-state index contributed by atoms with van der Waals surface area (Å²) in [6.45, 7) is 0.715. The zero-order valence-corrected chi connectivity index (χ0v) is 16.4. The molecule has 12 heteroatoms. The second kappa shape index (κ2) is 9.70. The van der Waals surface area contributed by atoms with E-state index < -0.39 is 25.1 Å². The minimum absolute atomic E-state index is 0.0343. The molecule has 0 spiro atoms. The van der Waals surface area contributed by atoms with Crippen molar-refractivity contribution in [3.8, 4) is 5.75 Å². The second-order valence-electron chi connectivity index (χ2n) is 7.12. The highest BCUT2D eigenvalue weighted by Gasteiger charge is 2.39. The van der Waals surface area contributed by atoms with E-state index in [1.807, 2.05) is 0 Å². The Morgan fingerprint density at radius 3 is 2.83 bits per heavy atom. The number of hydrogen-bond acceptors (Lipinski definition) is 8. The molecule has 0 fully saturated rings. The summed E-state index contributed by atoms with van der Waals surface area (Å²) >= 11 is 0. The van der Waals surface area contributed by atoms with Crippen LogP contribution in [0.5, 0.6) is 5.75 Å². The number of benzene rings is 1. The van der Waals surface area contributed by atoms with Gasteiger partial charge in [0.2, 0.25) is 5.91 Å². The van der Waals surface area contributed by atoms with Crippen molar-refractivity contribution >= 4 is 19.0 Å². The molecule has 0 saturated carbocycles. The monoisotopic (exact) mass is 416 g/mol. The van der Waals surface area contributed by atoms with E-state index in [0.29, 0.717) is 30.6 Å². The molecule has 1 aliphatic heterocycles. The zero-order chi connectivity index (χ0) is 21.7. The van der Waals surface area contributed by atoms with Gasteiger partial charge in [-0.15, -0.1) is 5.10 Å². The number of para-hydroxylation sites is 1. The molecule has 0 aliphatic carbocycles. The fraction of sp³-hybridized carbons (Fsp3) is 0.444. The number of carbonyl (C=O) groups excluding carboxylic acids is 1. The maximum absolute atomic E-state index is 13.0. The SMILES string of the molecule is NCCCCC(C(=O)NC1Cc2cccc(C(=O)O)c2OB1O)n1cc(CN)nn1. The summed E-state index contributed by atoms with van der Waals surface area (Å²) in [6.07, 6.45) is 3.79.